The molecule has 0 aromatic rings. The Morgan fingerprint density at radius 2 is 1.30 bits per heavy atom. The zero-order chi connectivity index (χ0) is 15.3. The van der Waals surface area contributed by atoms with E-state index in [9.17, 15) is 0 Å². The van der Waals surface area contributed by atoms with E-state index < -0.39 is 0 Å². The highest BCUT2D eigenvalue weighted by atomic mass is 16.5. The predicted octanol–water partition coefficient (Wildman–Crippen LogP) is 5.44. The zero-order valence-corrected chi connectivity index (χ0v) is 14.5. The van der Waals surface area contributed by atoms with Crippen LogP contribution in [0.5, 0.6) is 0 Å². The minimum absolute atomic E-state index is 0.0874. The molecule has 122 valence electrons. The summed E-state index contributed by atoms with van der Waals surface area (Å²) in [6.07, 6.45) is 14.1. The van der Waals surface area contributed by atoms with E-state index in [4.69, 9.17) is 10.5 Å². The van der Waals surface area contributed by atoms with Crippen LogP contribution in [0.1, 0.15) is 98.3 Å². The predicted molar refractivity (Wildman–Crippen MR) is 90.1 cm³/mol. The standard InChI is InChI=1S/C18H39NO/c1-5-9-10-11-12-13-14-15-16-17(19)18(6-2,7-3)20-8-4/h17H,5-16,19H2,1-4H3. The van der Waals surface area contributed by atoms with Crippen LogP contribution in [0, 0.1) is 0 Å². The lowest BCUT2D eigenvalue weighted by molar-refractivity contribution is -0.0654. The van der Waals surface area contributed by atoms with Crippen molar-refractivity contribution in [2.45, 2.75) is 110 Å². The molecular weight excluding hydrogens is 246 g/mol. The topological polar surface area (TPSA) is 35.2 Å². The van der Waals surface area contributed by atoms with E-state index in [0.717, 1.165) is 25.9 Å². The number of hydrogen-bond donors (Lipinski definition) is 1. The van der Waals surface area contributed by atoms with Crippen molar-refractivity contribution in [3.05, 3.63) is 0 Å². The van der Waals surface area contributed by atoms with E-state index in [1.54, 1.807) is 0 Å². The lowest BCUT2D eigenvalue weighted by Crippen LogP contribution is -2.49. The molecule has 0 saturated carbocycles. The average molecular weight is 286 g/mol. The summed E-state index contributed by atoms with van der Waals surface area (Å²) in [6.45, 7) is 9.52. The first-order valence-electron chi connectivity index (χ1n) is 9.06. The highest BCUT2D eigenvalue weighted by molar-refractivity contribution is 4.89. The third-order valence-electron chi connectivity index (χ3n) is 4.67. The third-order valence-corrected chi connectivity index (χ3v) is 4.67. The number of unbranched alkanes of at least 4 members (excludes halogenated alkanes) is 7. The second-order valence-corrected chi connectivity index (χ2v) is 6.07. The normalized spacial score (nSPS) is 13.7. The molecular formula is C18H39NO. The van der Waals surface area contributed by atoms with E-state index in [0.29, 0.717) is 0 Å². The highest BCUT2D eigenvalue weighted by Gasteiger charge is 2.33. The molecule has 0 rings (SSSR count). The average Bonchev–Trinajstić information content (AvgIpc) is 2.47. The van der Waals surface area contributed by atoms with E-state index in [1.807, 2.05) is 0 Å². The second-order valence-electron chi connectivity index (χ2n) is 6.07. The van der Waals surface area contributed by atoms with Crippen LogP contribution < -0.4 is 5.73 Å². The summed E-state index contributed by atoms with van der Waals surface area (Å²) < 4.78 is 5.99. The number of rotatable bonds is 14. The lowest BCUT2D eigenvalue weighted by atomic mass is 9.85. The molecule has 0 aromatic heterocycles. The first-order chi connectivity index (χ1) is 9.66. The van der Waals surface area contributed by atoms with Gasteiger partial charge in [0, 0.05) is 12.6 Å². The van der Waals surface area contributed by atoms with Crippen molar-refractivity contribution in [2.75, 3.05) is 6.61 Å². The van der Waals surface area contributed by atoms with Crippen molar-refractivity contribution in [2.24, 2.45) is 5.73 Å². The van der Waals surface area contributed by atoms with Crippen LogP contribution in [-0.2, 0) is 4.74 Å². The fraction of sp³-hybridized carbons (Fsp3) is 1.00. The van der Waals surface area contributed by atoms with Crippen LogP contribution in [0.2, 0.25) is 0 Å². The summed E-state index contributed by atoms with van der Waals surface area (Å²) in [5, 5.41) is 0. The molecule has 0 aliphatic heterocycles. The van der Waals surface area contributed by atoms with Gasteiger partial charge in [-0.2, -0.15) is 0 Å². The monoisotopic (exact) mass is 285 g/mol. The van der Waals surface area contributed by atoms with Crippen LogP contribution >= 0.6 is 0 Å². The van der Waals surface area contributed by atoms with Gasteiger partial charge in [0.2, 0.25) is 0 Å². The minimum atomic E-state index is -0.0874. The van der Waals surface area contributed by atoms with Gasteiger partial charge in [-0.25, -0.2) is 0 Å². The molecule has 0 bridgehead atoms. The maximum absolute atomic E-state index is 6.42. The number of nitrogens with two attached hydrogens (primary N) is 1. The van der Waals surface area contributed by atoms with Crippen molar-refractivity contribution < 1.29 is 4.74 Å². The van der Waals surface area contributed by atoms with Gasteiger partial charge in [0.25, 0.3) is 0 Å². The Morgan fingerprint density at radius 3 is 1.75 bits per heavy atom. The largest absolute Gasteiger partial charge is 0.374 e. The zero-order valence-electron chi connectivity index (χ0n) is 14.5. The van der Waals surface area contributed by atoms with Gasteiger partial charge >= 0.3 is 0 Å². The molecule has 0 aromatic carbocycles. The first-order valence-corrected chi connectivity index (χ1v) is 9.06. The summed E-state index contributed by atoms with van der Waals surface area (Å²) in [6, 6.07) is 0.192. The van der Waals surface area contributed by atoms with Gasteiger partial charge < -0.3 is 10.5 Å². The molecule has 2 N–H and O–H groups in total. The van der Waals surface area contributed by atoms with E-state index in [1.165, 1.54) is 51.4 Å². The second kappa shape index (κ2) is 12.6. The maximum Gasteiger partial charge on any atom is 0.0827 e. The van der Waals surface area contributed by atoms with E-state index in [-0.39, 0.29) is 11.6 Å². The Hall–Kier alpha value is -0.0800. The van der Waals surface area contributed by atoms with Crippen LogP contribution in [0.15, 0.2) is 0 Å². The van der Waals surface area contributed by atoms with E-state index in [2.05, 4.69) is 27.7 Å². The maximum atomic E-state index is 6.42. The van der Waals surface area contributed by atoms with Crippen LogP contribution in [-0.4, -0.2) is 18.2 Å². The molecule has 0 spiro atoms. The van der Waals surface area contributed by atoms with Crippen molar-refractivity contribution in [3.63, 3.8) is 0 Å². The molecule has 1 unspecified atom stereocenters. The van der Waals surface area contributed by atoms with E-state index >= 15 is 0 Å². The minimum Gasteiger partial charge on any atom is -0.374 e. The highest BCUT2D eigenvalue weighted by Crippen LogP contribution is 2.27. The molecule has 0 aliphatic carbocycles. The van der Waals surface area contributed by atoms with Crippen molar-refractivity contribution >= 4 is 0 Å². The summed E-state index contributed by atoms with van der Waals surface area (Å²) in [5.74, 6) is 0. The lowest BCUT2D eigenvalue weighted by Gasteiger charge is -2.37. The van der Waals surface area contributed by atoms with Gasteiger partial charge in [-0.05, 0) is 26.2 Å². The molecule has 2 nitrogen and oxygen atoms in total. The van der Waals surface area contributed by atoms with Crippen molar-refractivity contribution in [1.82, 2.24) is 0 Å². The van der Waals surface area contributed by atoms with Crippen molar-refractivity contribution in [3.8, 4) is 0 Å². The van der Waals surface area contributed by atoms with Gasteiger partial charge in [-0.1, -0.05) is 72.1 Å². The van der Waals surface area contributed by atoms with Crippen molar-refractivity contribution in [1.29, 1.82) is 0 Å². The SMILES string of the molecule is CCCCCCCCCCC(N)C(CC)(CC)OCC. The molecule has 0 fully saturated rings. The van der Waals surface area contributed by atoms with Gasteiger partial charge in [-0.15, -0.1) is 0 Å². The molecule has 0 saturated heterocycles. The number of ether oxygens (including phenoxy) is 1. The van der Waals surface area contributed by atoms with Gasteiger partial charge in [0.05, 0.1) is 5.60 Å². The molecule has 20 heavy (non-hydrogen) atoms. The molecule has 0 heterocycles. The summed E-state index contributed by atoms with van der Waals surface area (Å²) in [7, 11) is 0. The van der Waals surface area contributed by atoms with Crippen LogP contribution in [0.3, 0.4) is 0 Å². The van der Waals surface area contributed by atoms with Crippen LogP contribution in [0.25, 0.3) is 0 Å². The summed E-state index contributed by atoms with van der Waals surface area (Å²) in [4.78, 5) is 0. The van der Waals surface area contributed by atoms with Gasteiger partial charge in [-0.3, -0.25) is 0 Å². The first kappa shape index (κ1) is 19.9. The van der Waals surface area contributed by atoms with Crippen LogP contribution in [0.4, 0.5) is 0 Å². The molecule has 1 atom stereocenters. The Labute approximate surface area is 127 Å². The smallest absolute Gasteiger partial charge is 0.0827 e. The molecule has 0 aliphatic rings. The Kier molecular flexibility index (Phi) is 12.6. The Bertz CT molecular complexity index is 202. The molecule has 0 radical (unpaired) electrons. The number of hydrogen-bond acceptors (Lipinski definition) is 2. The van der Waals surface area contributed by atoms with Gasteiger partial charge in [0.1, 0.15) is 0 Å². The Balaban J connectivity index is 3.76. The van der Waals surface area contributed by atoms with Gasteiger partial charge in [0.15, 0.2) is 0 Å². The molecule has 0 amide bonds. The fourth-order valence-corrected chi connectivity index (χ4v) is 3.13. The third kappa shape index (κ3) is 7.64. The molecule has 2 heteroatoms. The Morgan fingerprint density at radius 1 is 0.800 bits per heavy atom. The quantitative estimate of drug-likeness (QED) is 0.431. The summed E-state index contributed by atoms with van der Waals surface area (Å²) in [5.41, 5.74) is 6.33. The summed E-state index contributed by atoms with van der Waals surface area (Å²) >= 11 is 0. The fourth-order valence-electron chi connectivity index (χ4n) is 3.13.